The van der Waals surface area contributed by atoms with Gasteiger partial charge in [0.1, 0.15) is 5.78 Å². The average Bonchev–Trinajstić information content (AvgIpc) is 2.48. The van der Waals surface area contributed by atoms with Crippen molar-refractivity contribution in [3.05, 3.63) is 12.3 Å². The summed E-state index contributed by atoms with van der Waals surface area (Å²) >= 11 is 0. The molecule has 6 nitrogen and oxygen atoms in total. The Morgan fingerprint density at radius 1 is 0.909 bits per heavy atom. The fourth-order valence-electron chi connectivity index (χ4n) is 1.30. The molecule has 0 atom stereocenters. The van der Waals surface area contributed by atoms with E-state index in [-0.39, 0.29) is 21.0 Å². The molecular weight excluding hydrogens is 284 g/mol. The quantitative estimate of drug-likeness (QED) is 0.509. The highest BCUT2D eigenvalue weighted by Gasteiger charge is 2.02. The molecule has 134 valence electrons. The lowest BCUT2D eigenvalue weighted by Crippen LogP contribution is -2.27. The third-order valence-electron chi connectivity index (χ3n) is 2.32. The molecule has 2 N–H and O–H groups in total. The van der Waals surface area contributed by atoms with Gasteiger partial charge in [-0.25, -0.2) is 0 Å². The molecule has 0 aliphatic heterocycles. The second-order valence-corrected chi connectivity index (χ2v) is 4.48. The summed E-state index contributed by atoms with van der Waals surface area (Å²) in [6.07, 6.45) is 0.535. The van der Waals surface area contributed by atoms with Crippen molar-refractivity contribution >= 4 is 11.7 Å². The summed E-state index contributed by atoms with van der Waals surface area (Å²) in [6.45, 7) is 14.3. The van der Waals surface area contributed by atoms with Gasteiger partial charge in [-0.1, -0.05) is 20.4 Å². The molecule has 0 aromatic rings. The first kappa shape index (κ1) is 22.9. The topological polar surface area (TPSA) is 76.7 Å². The Labute approximate surface area is 137 Å². The highest BCUT2D eigenvalue weighted by molar-refractivity contribution is 5.83. The van der Waals surface area contributed by atoms with E-state index in [0.717, 1.165) is 12.2 Å². The number of carbonyl (C=O) groups is 2. The third-order valence-corrected chi connectivity index (χ3v) is 2.32. The second kappa shape index (κ2) is 17.7. The number of hydrogen-bond acceptors (Lipinski definition) is 5. The van der Waals surface area contributed by atoms with Crippen LogP contribution in [0.15, 0.2) is 12.3 Å². The van der Waals surface area contributed by atoms with Crippen LogP contribution in [0.5, 0.6) is 0 Å². The number of carbonyl (C=O) groups excluding carboxylic acids is 2. The molecule has 0 aromatic heterocycles. The molecule has 0 aliphatic rings. The minimum atomic E-state index is -0.120. The Kier molecular flexibility index (Phi) is 18.4. The van der Waals surface area contributed by atoms with E-state index in [1.165, 1.54) is 6.92 Å². The van der Waals surface area contributed by atoms with Crippen LogP contribution in [0, 0.1) is 0 Å². The smallest absolute Gasteiger partial charge is 0.220 e. The van der Waals surface area contributed by atoms with E-state index in [9.17, 15) is 9.59 Å². The van der Waals surface area contributed by atoms with Gasteiger partial charge in [0.15, 0.2) is 0 Å². The Balaban J connectivity index is -0.000000480. The number of allylic oxidation sites excluding steroid dienone is 1. The zero-order valence-electron chi connectivity index (χ0n) is 14.5. The van der Waals surface area contributed by atoms with Gasteiger partial charge < -0.3 is 24.9 Å². The third kappa shape index (κ3) is 20.9. The fourth-order valence-corrected chi connectivity index (χ4v) is 1.30. The number of Topliss-reactive ketones (excluding diaryl/α,β-unsaturated/α-hetero) is 1. The second-order valence-electron chi connectivity index (χ2n) is 4.48. The Hall–Kier alpha value is -1.40. The van der Waals surface area contributed by atoms with Crippen LogP contribution in [0.3, 0.4) is 0 Å². The molecule has 0 saturated heterocycles. The normalized spacial score (nSPS) is 9.45. The molecular formula is C16H36N2O4. The zero-order chi connectivity index (χ0) is 17.2. The van der Waals surface area contributed by atoms with Crippen molar-refractivity contribution in [2.24, 2.45) is 0 Å². The predicted molar refractivity (Wildman–Crippen MR) is 93.0 cm³/mol. The molecule has 0 unspecified atom stereocenters. The summed E-state index contributed by atoms with van der Waals surface area (Å²) in [5, 5.41) is 5.74. The average molecular weight is 320 g/mol. The molecule has 0 fully saturated rings. The van der Waals surface area contributed by atoms with Crippen molar-refractivity contribution in [1.82, 2.24) is 10.6 Å². The number of ether oxygens (including phenoxy) is 2. The van der Waals surface area contributed by atoms with Crippen LogP contribution < -0.4 is 10.6 Å². The maximum absolute atomic E-state index is 11.3. The van der Waals surface area contributed by atoms with Crippen LogP contribution in [0.1, 0.15) is 43.4 Å². The summed E-state index contributed by atoms with van der Waals surface area (Å²) in [6, 6.07) is 0. The summed E-state index contributed by atoms with van der Waals surface area (Å²) in [5.41, 5.74) is 0.922. The number of rotatable bonds is 13. The highest BCUT2D eigenvalue weighted by atomic mass is 16.5. The van der Waals surface area contributed by atoms with Crippen LogP contribution in [0.25, 0.3) is 0 Å². The molecule has 0 aromatic carbocycles. The molecule has 22 heavy (non-hydrogen) atoms. The Morgan fingerprint density at radius 2 is 1.41 bits per heavy atom. The summed E-state index contributed by atoms with van der Waals surface area (Å²) in [5.74, 6) is -0.0967. The van der Waals surface area contributed by atoms with Crippen molar-refractivity contribution in [3.63, 3.8) is 0 Å². The Bertz CT molecular complexity index is 316. The molecule has 0 spiro atoms. The van der Waals surface area contributed by atoms with E-state index in [0.29, 0.717) is 39.4 Å². The maximum atomic E-state index is 11.3. The van der Waals surface area contributed by atoms with E-state index in [1.54, 1.807) is 0 Å². The summed E-state index contributed by atoms with van der Waals surface area (Å²) in [4.78, 5) is 21.9. The number of nitrogens with one attached hydrogen (secondary N) is 2. The minimum Gasteiger partial charge on any atom is -0.387 e. The molecule has 0 rings (SSSR count). The lowest BCUT2D eigenvalue weighted by molar-refractivity contribution is -0.124. The first-order chi connectivity index (χ1) is 10.5. The lowest BCUT2D eigenvalue weighted by atomic mass is 10.2. The number of hydrogen-bond donors (Lipinski definition) is 2. The van der Waals surface area contributed by atoms with E-state index in [1.807, 2.05) is 20.8 Å². The van der Waals surface area contributed by atoms with Gasteiger partial charge in [-0.2, -0.15) is 0 Å². The van der Waals surface area contributed by atoms with Gasteiger partial charge in [-0.15, -0.1) is 0 Å². The number of ketones is 1. The van der Waals surface area contributed by atoms with E-state index in [2.05, 4.69) is 17.2 Å². The SMILES string of the molecule is C=C(C)NCCOCCOCCNC(=O)CCC(C)=O.CC.[HH].[HH]. The van der Waals surface area contributed by atoms with Crippen LogP contribution in [-0.4, -0.2) is 51.2 Å². The predicted octanol–water partition coefficient (Wildman–Crippen LogP) is 2.15. The van der Waals surface area contributed by atoms with Gasteiger partial charge in [-0.3, -0.25) is 4.79 Å². The van der Waals surface area contributed by atoms with Crippen molar-refractivity contribution in [1.29, 1.82) is 0 Å². The minimum absolute atomic E-state index is 0. The van der Waals surface area contributed by atoms with Gasteiger partial charge >= 0.3 is 0 Å². The van der Waals surface area contributed by atoms with Gasteiger partial charge in [0.25, 0.3) is 0 Å². The van der Waals surface area contributed by atoms with Gasteiger partial charge in [0.2, 0.25) is 5.91 Å². The van der Waals surface area contributed by atoms with E-state index in [4.69, 9.17) is 9.47 Å². The lowest BCUT2D eigenvalue weighted by Gasteiger charge is -2.08. The molecule has 6 heteroatoms. The van der Waals surface area contributed by atoms with Crippen LogP contribution in [0.2, 0.25) is 0 Å². The monoisotopic (exact) mass is 320 g/mol. The molecule has 1 amide bonds. The molecule has 0 heterocycles. The van der Waals surface area contributed by atoms with Crippen molar-refractivity contribution in [3.8, 4) is 0 Å². The number of amides is 1. The molecule has 0 saturated carbocycles. The van der Waals surface area contributed by atoms with Gasteiger partial charge in [0, 0.05) is 34.5 Å². The standard InChI is InChI=1S/C14H26N2O4.C2H6.2H2/c1-12(2)15-6-8-19-10-11-20-9-7-16-14(18)5-4-13(3)17;1-2;;/h15H,1,4-11H2,2-3H3,(H,16,18);1-2H3;2*1H. The molecule has 0 aliphatic carbocycles. The van der Waals surface area contributed by atoms with Gasteiger partial charge in [0.05, 0.1) is 26.4 Å². The highest BCUT2D eigenvalue weighted by Crippen LogP contribution is 1.89. The summed E-state index contributed by atoms with van der Waals surface area (Å²) in [7, 11) is 0. The fraction of sp³-hybridized carbons (Fsp3) is 0.750. The largest absolute Gasteiger partial charge is 0.387 e. The molecule has 0 bridgehead atoms. The first-order valence-corrected chi connectivity index (χ1v) is 7.83. The van der Waals surface area contributed by atoms with Crippen LogP contribution in [0.4, 0.5) is 0 Å². The van der Waals surface area contributed by atoms with Crippen LogP contribution >= 0.6 is 0 Å². The van der Waals surface area contributed by atoms with Gasteiger partial charge in [-0.05, 0) is 13.8 Å². The van der Waals surface area contributed by atoms with Crippen LogP contribution in [-0.2, 0) is 19.1 Å². The summed E-state index contributed by atoms with van der Waals surface area (Å²) < 4.78 is 10.6. The maximum Gasteiger partial charge on any atom is 0.220 e. The van der Waals surface area contributed by atoms with Crippen molar-refractivity contribution in [2.75, 3.05) is 39.5 Å². The Morgan fingerprint density at radius 3 is 1.86 bits per heavy atom. The van der Waals surface area contributed by atoms with E-state index >= 15 is 0 Å². The zero-order valence-corrected chi connectivity index (χ0v) is 14.5. The van der Waals surface area contributed by atoms with E-state index < -0.39 is 0 Å². The molecule has 0 radical (unpaired) electrons. The first-order valence-electron chi connectivity index (χ1n) is 7.83. The van der Waals surface area contributed by atoms with Crippen molar-refractivity contribution in [2.45, 2.75) is 40.5 Å². The van der Waals surface area contributed by atoms with Crippen molar-refractivity contribution < 1.29 is 21.9 Å².